The van der Waals surface area contributed by atoms with E-state index >= 15 is 0 Å². The molecule has 0 atom stereocenters. The molecular weight excluding hydrogens is 110 g/mol. The Hall–Kier alpha value is -0.480. The molecule has 9 heavy (non-hydrogen) atoms. The summed E-state index contributed by atoms with van der Waals surface area (Å²) in [4.78, 5) is 0. The van der Waals surface area contributed by atoms with Gasteiger partial charge in [-0.3, -0.25) is 0 Å². The fraction of sp³-hybridized carbons (Fsp3) is 0.750. The zero-order valence-electron chi connectivity index (χ0n) is 6.33. The molecule has 0 saturated heterocycles. The molecule has 1 heteroatoms. The van der Waals surface area contributed by atoms with E-state index in [0.29, 0.717) is 0 Å². The molecule has 0 amide bonds. The minimum absolute atomic E-state index is 0.849. The fourth-order valence-electron chi connectivity index (χ4n) is 0.515. The maximum atomic E-state index is 3.20. The van der Waals surface area contributed by atoms with Gasteiger partial charge in [0.05, 0.1) is 6.54 Å². The van der Waals surface area contributed by atoms with Gasteiger partial charge in [-0.2, -0.15) is 0 Å². The van der Waals surface area contributed by atoms with Crippen LogP contribution in [0.5, 0.6) is 0 Å². The van der Waals surface area contributed by atoms with Crippen LogP contribution in [0.4, 0.5) is 0 Å². The Morgan fingerprint density at radius 2 is 2.00 bits per heavy atom. The van der Waals surface area contributed by atoms with Crippen molar-refractivity contribution in [3.8, 4) is 11.8 Å². The third-order valence-corrected chi connectivity index (χ3v) is 0.942. The van der Waals surface area contributed by atoms with Crippen molar-refractivity contribution in [3.63, 3.8) is 0 Å². The highest BCUT2D eigenvalue weighted by atomic mass is 14.8. The lowest BCUT2D eigenvalue weighted by atomic mass is 10.4. The van der Waals surface area contributed by atoms with Crippen LogP contribution in [0, 0.1) is 11.8 Å². The van der Waals surface area contributed by atoms with Gasteiger partial charge in [-0.25, -0.2) is 0 Å². The maximum Gasteiger partial charge on any atom is 0.0576 e. The molecule has 52 valence electrons. The molecule has 0 aromatic heterocycles. The molecule has 0 aromatic rings. The molecule has 0 aromatic carbocycles. The molecule has 1 nitrogen and oxygen atoms in total. The Morgan fingerprint density at radius 3 is 2.56 bits per heavy atom. The van der Waals surface area contributed by atoms with E-state index in [1.807, 2.05) is 0 Å². The molecule has 0 unspecified atom stereocenters. The van der Waals surface area contributed by atoms with Crippen molar-refractivity contribution in [2.45, 2.75) is 26.7 Å². The summed E-state index contributed by atoms with van der Waals surface area (Å²) in [6.45, 7) is 6.15. The Balaban J connectivity index is 2.90. The van der Waals surface area contributed by atoms with E-state index < -0.39 is 0 Å². The highest BCUT2D eigenvalue weighted by Gasteiger charge is 1.75. The first-order valence-electron chi connectivity index (χ1n) is 3.58. The van der Waals surface area contributed by atoms with Crippen molar-refractivity contribution in [1.29, 1.82) is 0 Å². The van der Waals surface area contributed by atoms with Gasteiger partial charge >= 0.3 is 0 Å². The van der Waals surface area contributed by atoms with E-state index in [4.69, 9.17) is 0 Å². The number of hydrogen-bond acceptors (Lipinski definition) is 1. The quantitative estimate of drug-likeness (QED) is 0.444. The van der Waals surface area contributed by atoms with E-state index in [9.17, 15) is 0 Å². The van der Waals surface area contributed by atoms with Crippen molar-refractivity contribution in [1.82, 2.24) is 5.32 Å². The highest BCUT2D eigenvalue weighted by Crippen LogP contribution is 1.69. The first kappa shape index (κ1) is 8.52. The van der Waals surface area contributed by atoms with E-state index in [2.05, 4.69) is 31.0 Å². The summed E-state index contributed by atoms with van der Waals surface area (Å²) in [7, 11) is 0. The van der Waals surface area contributed by atoms with Crippen molar-refractivity contribution in [2.75, 3.05) is 13.1 Å². The standard InChI is InChI=1S/C8H15N/c1-3-5-6-8-9-7-4-2/h9H,3-4,7-8H2,1-2H3. The van der Waals surface area contributed by atoms with Gasteiger partial charge in [0, 0.05) is 6.42 Å². The highest BCUT2D eigenvalue weighted by molar-refractivity contribution is 4.99. The van der Waals surface area contributed by atoms with Crippen LogP contribution in [0.2, 0.25) is 0 Å². The summed E-state index contributed by atoms with van der Waals surface area (Å²) in [6, 6.07) is 0. The lowest BCUT2D eigenvalue weighted by Crippen LogP contribution is -2.14. The first-order valence-corrected chi connectivity index (χ1v) is 3.58. The second-order valence-corrected chi connectivity index (χ2v) is 1.88. The number of rotatable bonds is 3. The SMILES string of the molecule is CCC#CCNCCC. The number of hydrogen-bond donors (Lipinski definition) is 1. The lowest BCUT2D eigenvalue weighted by molar-refractivity contribution is 0.736. The van der Waals surface area contributed by atoms with Gasteiger partial charge in [0.1, 0.15) is 0 Å². The monoisotopic (exact) mass is 125 g/mol. The molecule has 0 bridgehead atoms. The smallest absolute Gasteiger partial charge is 0.0576 e. The average molecular weight is 125 g/mol. The minimum atomic E-state index is 0.849. The van der Waals surface area contributed by atoms with Crippen molar-refractivity contribution >= 4 is 0 Å². The Bertz CT molecular complexity index is 96.9. The molecule has 0 aliphatic carbocycles. The molecule has 0 radical (unpaired) electrons. The van der Waals surface area contributed by atoms with Crippen LogP contribution in [0.1, 0.15) is 26.7 Å². The predicted octanol–water partition coefficient (Wildman–Crippen LogP) is 1.40. The van der Waals surface area contributed by atoms with Crippen LogP contribution < -0.4 is 5.32 Å². The first-order chi connectivity index (χ1) is 4.41. The summed E-state index contributed by atoms with van der Waals surface area (Å²) in [5.74, 6) is 6.00. The third kappa shape index (κ3) is 7.52. The average Bonchev–Trinajstić information content (AvgIpc) is 1.89. The Morgan fingerprint density at radius 1 is 1.22 bits per heavy atom. The topological polar surface area (TPSA) is 12.0 Å². The van der Waals surface area contributed by atoms with Gasteiger partial charge in [-0.05, 0) is 13.0 Å². The van der Waals surface area contributed by atoms with E-state index in [0.717, 1.165) is 19.5 Å². The zero-order chi connectivity index (χ0) is 6.95. The molecule has 0 rings (SSSR count). The van der Waals surface area contributed by atoms with Crippen molar-refractivity contribution < 1.29 is 0 Å². The second-order valence-electron chi connectivity index (χ2n) is 1.88. The van der Waals surface area contributed by atoms with Gasteiger partial charge in [0.15, 0.2) is 0 Å². The van der Waals surface area contributed by atoms with Gasteiger partial charge in [0.2, 0.25) is 0 Å². The molecule has 0 aliphatic rings. The summed E-state index contributed by atoms with van der Waals surface area (Å²) < 4.78 is 0. The lowest BCUT2D eigenvalue weighted by Gasteiger charge is -1.92. The van der Waals surface area contributed by atoms with Crippen LogP contribution in [0.25, 0.3) is 0 Å². The second kappa shape index (κ2) is 7.52. The van der Waals surface area contributed by atoms with Crippen LogP contribution in [0.15, 0.2) is 0 Å². The van der Waals surface area contributed by atoms with E-state index in [1.54, 1.807) is 0 Å². The van der Waals surface area contributed by atoms with Gasteiger partial charge in [0.25, 0.3) is 0 Å². The number of nitrogens with one attached hydrogen (secondary N) is 1. The van der Waals surface area contributed by atoms with E-state index in [-0.39, 0.29) is 0 Å². The van der Waals surface area contributed by atoms with Crippen LogP contribution in [-0.2, 0) is 0 Å². The predicted molar refractivity (Wildman–Crippen MR) is 41.2 cm³/mol. The summed E-state index contributed by atoms with van der Waals surface area (Å²) in [6.07, 6.45) is 2.15. The van der Waals surface area contributed by atoms with Crippen LogP contribution in [0.3, 0.4) is 0 Å². The molecule has 0 fully saturated rings. The maximum absolute atomic E-state index is 3.20. The largest absolute Gasteiger partial charge is 0.306 e. The van der Waals surface area contributed by atoms with E-state index in [1.165, 1.54) is 6.42 Å². The molecule has 0 heterocycles. The van der Waals surface area contributed by atoms with Gasteiger partial charge in [-0.1, -0.05) is 19.8 Å². The molecule has 0 spiro atoms. The summed E-state index contributed by atoms with van der Waals surface area (Å²) in [5, 5.41) is 3.20. The Labute approximate surface area is 57.8 Å². The molecule has 1 N–H and O–H groups in total. The van der Waals surface area contributed by atoms with Crippen molar-refractivity contribution in [3.05, 3.63) is 0 Å². The minimum Gasteiger partial charge on any atom is -0.306 e. The third-order valence-electron chi connectivity index (χ3n) is 0.942. The van der Waals surface area contributed by atoms with Crippen molar-refractivity contribution in [2.24, 2.45) is 0 Å². The summed E-state index contributed by atoms with van der Waals surface area (Å²) >= 11 is 0. The Kier molecular flexibility index (Phi) is 7.12. The van der Waals surface area contributed by atoms with Crippen LogP contribution in [-0.4, -0.2) is 13.1 Å². The normalized spacial score (nSPS) is 8.22. The van der Waals surface area contributed by atoms with Crippen LogP contribution >= 0.6 is 0 Å². The molecule has 0 saturated carbocycles. The van der Waals surface area contributed by atoms with Gasteiger partial charge < -0.3 is 5.32 Å². The summed E-state index contributed by atoms with van der Waals surface area (Å²) in [5.41, 5.74) is 0. The van der Waals surface area contributed by atoms with Gasteiger partial charge in [-0.15, -0.1) is 5.92 Å². The zero-order valence-corrected chi connectivity index (χ0v) is 6.33. The molecule has 0 aliphatic heterocycles. The fourth-order valence-corrected chi connectivity index (χ4v) is 0.515. The molecular formula is C8H15N.